The molecule has 0 fully saturated rings. The smallest absolute Gasteiger partial charge is 0.223 e. The van der Waals surface area contributed by atoms with Crippen LogP contribution in [-0.2, 0) is 28.4 Å². The van der Waals surface area contributed by atoms with Gasteiger partial charge in [0.25, 0.3) is 0 Å². The quantitative estimate of drug-likeness (QED) is 0.637. The van der Waals surface area contributed by atoms with Gasteiger partial charge in [-0.15, -0.1) is 0 Å². The van der Waals surface area contributed by atoms with Crippen LogP contribution in [0.2, 0.25) is 5.15 Å². The summed E-state index contributed by atoms with van der Waals surface area (Å²) in [5.74, 6) is -0.109. The zero-order valence-electron chi connectivity index (χ0n) is 12.3. The topological polar surface area (TPSA) is 59.9 Å². The Morgan fingerprint density at radius 2 is 1.77 bits per heavy atom. The van der Waals surface area contributed by atoms with E-state index in [0.717, 1.165) is 48.1 Å². The second-order valence-electron chi connectivity index (χ2n) is 5.67. The molecule has 0 bridgehead atoms. The largest absolute Gasteiger partial charge is 0.249 e. The van der Waals surface area contributed by atoms with Gasteiger partial charge in [0.05, 0.1) is 5.75 Å². The number of aromatic nitrogens is 2. The molecule has 0 saturated heterocycles. The second-order valence-corrected chi connectivity index (χ2v) is 7.92. The summed E-state index contributed by atoms with van der Waals surface area (Å²) >= 11 is 6.16. The van der Waals surface area contributed by atoms with Crippen molar-refractivity contribution in [2.24, 2.45) is 0 Å². The lowest BCUT2D eigenvalue weighted by Crippen LogP contribution is -2.15. The normalized spacial score (nSPS) is 14.6. The van der Waals surface area contributed by atoms with Crippen molar-refractivity contribution in [3.05, 3.63) is 51.8 Å². The van der Waals surface area contributed by atoms with Crippen molar-refractivity contribution in [3.8, 4) is 0 Å². The zero-order chi connectivity index (χ0) is 15.7. The third-order valence-electron chi connectivity index (χ3n) is 3.87. The maximum Gasteiger partial charge on any atom is 0.249 e. The molecule has 0 spiro atoms. The maximum atomic E-state index is 12.5. The van der Waals surface area contributed by atoms with Crippen molar-refractivity contribution in [3.63, 3.8) is 0 Å². The summed E-state index contributed by atoms with van der Waals surface area (Å²) in [6.45, 7) is 1.96. The van der Waals surface area contributed by atoms with Crippen LogP contribution in [0.25, 0.3) is 0 Å². The van der Waals surface area contributed by atoms with E-state index in [4.69, 9.17) is 11.6 Å². The highest BCUT2D eigenvalue weighted by Gasteiger charge is 2.24. The van der Waals surface area contributed by atoms with Crippen molar-refractivity contribution in [2.45, 2.75) is 43.5 Å². The summed E-state index contributed by atoms with van der Waals surface area (Å²) < 4.78 is 25.1. The Labute approximate surface area is 135 Å². The fourth-order valence-electron chi connectivity index (χ4n) is 2.63. The van der Waals surface area contributed by atoms with E-state index >= 15 is 0 Å². The van der Waals surface area contributed by atoms with Gasteiger partial charge in [0.1, 0.15) is 5.15 Å². The van der Waals surface area contributed by atoms with E-state index in [0.29, 0.717) is 0 Å². The average molecular weight is 337 g/mol. The van der Waals surface area contributed by atoms with Gasteiger partial charge in [-0.25, -0.2) is 18.4 Å². The Bertz CT molecular complexity index is 802. The van der Waals surface area contributed by atoms with Crippen LogP contribution >= 0.6 is 11.6 Å². The monoisotopic (exact) mass is 336 g/mol. The minimum atomic E-state index is -3.59. The van der Waals surface area contributed by atoms with Crippen LogP contribution in [-0.4, -0.2) is 18.4 Å². The first-order valence-electron chi connectivity index (χ1n) is 7.29. The molecule has 1 aromatic heterocycles. The van der Waals surface area contributed by atoms with Crippen molar-refractivity contribution < 1.29 is 8.42 Å². The van der Waals surface area contributed by atoms with Crippen molar-refractivity contribution in [1.29, 1.82) is 0 Å². The number of hydrogen-bond donors (Lipinski definition) is 0. The average Bonchev–Trinajstić information content (AvgIpc) is 2.49. The number of hydrogen-bond acceptors (Lipinski definition) is 4. The van der Waals surface area contributed by atoms with Gasteiger partial charge in [0.2, 0.25) is 15.0 Å². The van der Waals surface area contributed by atoms with E-state index in [2.05, 4.69) is 9.97 Å². The van der Waals surface area contributed by atoms with E-state index in [1.54, 1.807) is 0 Å². The van der Waals surface area contributed by atoms with Gasteiger partial charge in [-0.3, -0.25) is 0 Å². The van der Waals surface area contributed by atoms with E-state index in [9.17, 15) is 8.42 Å². The molecule has 6 heteroatoms. The molecule has 1 aliphatic carbocycles. The number of benzene rings is 1. The molecule has 1 aromatic carbocycles. The van der Waals surface area contributed by atoms with Crippen LogP contribution in [0.5, 0.6) is 0 Å². The van der Waals surface area contributed by atoms with Crippen LogP contribution in [0.3, 0.4) is 0 Å². The molecular formula is C16H17ClN2O2S. The summed E-state index contributed by atoms with van der Waals surface area (Å²) in [4.78, 5) is 8.31. The molecule has 0 N–H and O–H groups in total. The highest BCUT2D eigenvalue weighted by molar-refractivity contribution is 7.90. The summed E-state index contributed by atoms with van der Waals surface area (Å²) in [7, 11) is -3.59. The minimum Gasteiger partial charge on any atom is -0.223 e. The minimum absolute atomic E-state index is 0.109. The highest BCUT2D eigenvalue weighted by Crippen LogP contribution is 2.27. The molecule has 0 amide bonds. The predicted molar refractivity (Wildman–Crippen MR) is 85.8 cm³/mol. The van der Waals surface area contributed by atoms with E-state index in [1.165, 1.54) is 0 Å². The van der Waals surface area contributed by atoms with Gasteiger partial charge in [-0.2, -0.15) is 0 Å². The van der Waals surface area contributed by atoms with Crippen molar-refractivity contribution in [1.82, 2.24) is 9.97 Å². The molecule has 0 atom stereocenters. The van der Waals surface area contributed by atoms with E-state index < -0.39 is 9.84 Å². The second kappa shape index (κ2) is 5.97. The van der Waals surface area contributed by atoms with Crippen molar-refractivity contribution in [2.75, 3.05) is 0 Å². The summed E-state index contributed by atoms with van der Waals surface area (Å²) in [6.07, 6.45) is 3.65. The highest BCUT2D eigenvalue weighted by atomic mass is 35.5. The van der Waals surface area contributed by atoms with Crippen LogP contribution in [0.1, 0.15) is 35.2 Å². The summed E-state index contributed by atoms with van der Waals surface area (Å²) in [6, 6.07) is 7.41. The Kier molecular flexibility index (Phi) is 4.19. The molecule has 3 rings (SSSR count). The molecule has 2 aromatic rings. The predicted octanol–water partition coefficient (Wildman–Crippen LogP) is 3.29. The molecule has 1 heterocycles. The van der Waals surface area contributed by atoms with Gasteiger partial charge in [-0.05, 0) is 38.2 Å². The Morgan fingerprint density at radius 3 is 2.50 bits per heavy atom. The third kappa shape index (κ3) is 3.15. The Morgan fingerprint density at radius 1 is 1.09 bits per heavy atom. The lowest BCUT2D eigenvalue weighted by molar-refractivity contribution is 0.579. The standard InChI is InChI=1S/C16H17ClN2O2S/c1-11-6-8-12(9-7-11)10-22(20,21)16-18-14-5-3-2-4-13(14)15(17)19-16/h6-9H,2-5,10H2,1H3. The molecule has 0 saturated carbocycles. The number of nitrogens with zero attached hydrogens (tertiary/aromatic N) is 2. The van der Waals surface area contributed by atoms with Gasteiger partial charge in [0, 0.05) is 11.3 Å². The molecule has 116 valence electrons. The Hall–Kier alpha value is -1.46. The Balaban J connectivity index is 1.95. The molecule has 22 heavy (non-hydrogen) atoms. The van der Waals surface area contributed by atoms with Crippen LogP contribution in [0, 0.1) is 6.92 Å². The summed E-state index contributed by atoms with van der Waals surface area (Å²) in [5.41, 5.74) is 3.51. The number of sulfone groups is 1. The van der Waals surface area contributed by atoms with Crippen molar-refractivity contribution >= 4 is 21.4 Å². The fourth-order valence-corrected chi connectivity index (χ4v) is 4.21. The third-order valence-corrected chi connectivity index (χ3v) is 5.63. The molecular weight excluding hydrogens is 320 g/mol. The number of fused-ring (bicyclic) bond motifs is 1. The van der Waals surface area contributed by atoms with E-state index in [1.807, 2.05) is 31.2 Å². The first-order chi connectivity index (χ1) is 10.5. The first kappa shape index (κ1) is 15.4. The molecule has 1 aliphatic rings. The lowest BCUT2D eigenvalue weighted by atomic mass is 9.98. The molecule has 0 unspecified atom stereocenters. The summed E-state index contributed by atoms with van der Waals surface area (Å²) in [5, 5.41) is 0.130. The number of rotatable bonds is 3. The van der Waals surface area contributed by atoms with Crippen LogP contribution < -0.4 is 0 Å². The molecule has 4 nitrogen and oxygen atoms in total. The van der Waals surface area contributed by atoms with Gasteiger partial charge in [0.15, 0.2) is 0 Å². The van der Waals surface area contributed by atoms with Crippen LogP contribution in [0.15, 0.2) is 29.4 Å². The van der Waals surface area contributed by atoms with E-state index in [-0.39, 0.29) is 16.1 Å². The lowest BCUT2D eigenvalue weighted by Gasteiger charge is -2.16. The van der Waals surface area contributed by atoms with Gasteiger partial charge >= 0.3 is 0 Å². The molecule has 0 aliphatic heterocycles. The van der Waals surface area contributed by atoms with Gasteiger partial charge in [-0.1, -0.05) is 41.4 Å². The molecule has 0 radical (unpaired) electrons. The number of aryl methyl sites for hydroxylation is 2. The fraction of sp³-hybridized carbons (Fsp3) is 0.375. The van der Waals surface area contributed by atoms with Gasteiger partial charge < -0.3 is 0 Å². The number of halogens is 1. The van der Waals surface area contributed by atoms with Crippen LogP contribution in [0.4, 0.5) is 0 Å². The maximum absolute atomic E-state index is 12.5. The first-order valence-corrected chi connectivity index (χ1v) is 9.32. The zero-order valence-corrected chi connectivity index (χ0v) is 13.9. The SMILES string of the molecule is Cc1ccc(CS(=O)(=O)c2nc(Cl)c3c(n2)CCCC3)cc1.